The summed E-state index contributed by atoms with van der Waals surface area (Å²) in [5, 5.41) is 27.8. The zero-order valence-corrected chi connectivity index (χ0v) is 12.9. The number of amides is 1. The van der Waals surface area contributed by atoms with Crippen LogP contribution in [0.15, 0.2) is 24.4 Å². The number of anilines is 1. The average Bonchev–Trinajstić information content (AvgIpc) is 2.88. The lowest BCUT2D eigenvalue weighted by Crippen LogP contribution is -2.27. The lowest BCUT2D eigenvalue weighted by Gasteiger charge is -2.19. The summed E-state index contributed by atoms with van der Waals surface area (Å²) in [4.78, 5) is 22.9. The third-order valence-corrected chi connectivity index (χ3v) is 2.78. The molecule has 4 N–H and O–H groups in total. The van der Waals surface area contributed by atoms with Gasteiger partial charge in [-0.3, -0.25) is 10.4 Å². The van der Waals surface area contributed by atoms with Gasteiger partial charge in [-0.15, -0.1) is 0 Å². The number of carboxylic acid groups (broad SMARTS) is 1. The summed E-state index contributed by atoms with van der Waals surface area (Å²) in [6.07, 6.45) is 0.489. The second kappa shape index (κ2) is 5.99. The molecule has 23 heavy (non-hydrogen) atoms. The van der Waals surface area contributed by atoms with Crippen LogP contribution in [0.5, 0.6) is 5.75 Å². The summed E-state index contributed by atoms with van der Waals surface area (Å²) in [6.45, 7) is 5.20. The number of aromatic carboxylic acids is 1. The maximum Gasteiger partial charge on any atom is 0.412 e. The fraction of sp³-hybridized carbons (Fsp3) is 0.267. The monoisotopic (exact) mass is 319 g/mol. The number of hydrogen-bond donors (Lipinski definition) is 4. The average molecular weight is 319 g/mol. The molecule has 8 heteroatoms. The number of phenols is 1. The first-order valence-electron chi connectivity index (χ1n) is 6.77. The Hall–Kier alpha value is -3.03. The van der Waals surface area contributed by atoms with E-state index in [4.69, 9.17) is 9.84 Å². The number of aromatic amines is 1. The topological polar surface area (TPSA) is 125 Å². The minimum atomic E-state index is -1.18. The van der Waals surface area contributed by atoms with E-state index in [0.29, 0.717) is 5.69 Å². The number of aromatic hydroxyl groups is 1. The second-order valence-electron chi connectivity index (χ2n) is 5.82. The summed E-state index contributed by atoms with van der Waals surface area (Å²) in [7, 11) is 0. The van der Waals surface area contributed by atoms with E-state index in [0.717, 1.165) is 6.20 Å². The summed E-state index contributed by atoms with van der Waals surface area (Å²) in [5.74, 6) is -1.33. The number of carbonyl (C=O) groups excluding carboxylic acids is 1. The van der Waals surface area contributed by atoms with Crippen molar-refractivity contribution in [3.63, 3.8) is 0 Å². The Morgan fingerprint density at radius 1 is 1.30 bits per heavy atom. The third kappa shape index (κ3) is 4.00. The van der Waals surface area contributed by atoms with Crippen molar-refractivity contribution in [2.24, 2.45) is 0 Å². The molecule has 1 aromatic heterocycles. The van der Waals surface area contributed by atoms with Gasteiger partial charge >= 0.3 is 12.1 Å². The molecule has 1 aromatic carbocycles. The van der Waals surface area contributed by atoms with Crippen LogP contribution in [-0.2, 0) is 4.74 Å². The number of phenolic OH excluding ortho intramolecular Hbond substituents is 1. The van der Waals surface area contributed by atoms with Gasteiger partial charge < -0.3 is 14.9 Å². The molecular formula is C15H17N3O5. The normalized spacial score (nSPS) is 11.1. The van der Waals surface area contributed by atoms with Crippen molar-refractivity contribution < 1.29 is 24.5 Å². The number of hydrogen-bond acceptors (Lipinski definition) is 5. The van der Waals surface area contributed by atoms with Crippen LogP contribution < -0.4 is 5.32 Å². The second-order valence-corrected chi connectivity index (χ2v) is 5.82. The van der Waals surface area contributed by atoms with E-state index in [1.165, 1.54) is 18.2 Å². The molecule has 0 unspecified atom stereocenters. The fourth-order valence-electron chi connectivity index (χ4n) is 1.89. The van der Waals surface area contributed by atoms with Gasteiger partial charge in [0.1, 0.15) is 16.9 Å². The smallest absolute Gasteiger partial charge is 0.412 e. The van der Waals surface area contributed by atoms with Gasteiger partial charge in [-0.2, -0.15) is 5.10 Å². The highest BCUT2D eigenvalue weighted by Crippen LogP contribution is 2.32. The molecule has 0 aliphatic heterocycles. The Balaban J connectivity index is 2.31. The van der Waals surface area contributed by atoms with E-state index in [-0.39, 0.29) is 22.6 Å². The van der Waals surface area contributed by atoms with Crippen molar-refractivity contribution in [3.05, 3.63) is 30.0 Å². The van der Waals surface area contributed by atoms with E-state index in [2.05, 4.69) is 15.5 Å². The van der Waals surface area contributed by atoms with E-state index < -0.39 is 17.7 Å². The number of carbonyl (C=O) groups is 2. The molecule has 0 spiro atoms. The summed E-state index contributed by atoms with van der Waals surface area (Å²) >= 11 is 0. The van der Waals surface area contributed by atoms with Gasteiger partial charge in [-0.05, 0) is 39.0 Å². The van der Waals surface area contributed by atoms with Crippen LogP contribution >= 0.6 is 0 Å². The van der Waals surface area contributed by atoms with Crippen LogP contribution in [-0.4, -0.2) is 38.1 Å². The molecule has 2 aromatic rings. The molecule has 0 fully saturated rings. The van der Waals surface area contributed by atoms with Crippen molar-refractivity contribution in [1.29, 1.82) is 0 Å². The molecule has 0 atom stereocenters. The van der Waals surface area contributed by atoms with Gasteiger partial charge in [-0.25, -0.2) is 9.59 Å². The highest BCUT2D eigenvalue weighted by molar-refractivity contribution is 5.96. The molecular weight excluding hydrogens is 302 g/mol. The summed E-state index contributed by atoms with van der Waals surface area (Å²) < 4.78 is 5.14. The molecule has 0 saturated carbocycles. The number of benzene rings is 1. The van der Waals surface area contributed by atoms with Crippen LogP contribution in [0.3, 0.4) is 0 Å². The molecule has 2 rings (SSSR count). The molecule has 8 nitrogen and oxygen atoms in total. The zero-order valence-electron chi connectivity index (χ0n) is 12.9. The van der Waals surface area contributed by atoms with Crippen molar-refractivity contribution in [3.8, 4) is 17.0 Å². The molecule has 1 amide bonds. The summed E-state index contributed by atoms with van der Waals surface area (Å²) in [6, 6.07) is 4.24. The quantitative estimate of drug-likeness (QED) is 0.645. The molecule has 0 radical (unpaired) electrons. The van der Waals surface area contributed by atoms with Crippen molar-refractivity contribution in [2.75, 3.05) is 5.32 Å². The Labute approximate surface area is 132 Å². The number of rotatable bonds is 3. The third-order valence-electron chi connectivity index (χ3n) is 2.78. The van der Waals surface area contributed by atoms with Crippen LogP contribution in [0.2, 0.25) is 0 Å². The number of H-pyrrole nitrogens is 1. The number of carboxylic acids is 1. The predicted octanol–water partition coefficient (Wildman–Crippen LogP) is 2.83. The number of nitrogens with one attached hydrogen (secondary N) is 2. The zero-order chi connectivity index (χ0) is 17.2. The fourth-order valence-corrected chi connectivity index (χ4v) is 1.89. The number of aromatic nitrogens is 2. The molecule has 0 bridgehead atoms. The van der Waals surface area contributed by atoms with Crippen LogP contribution in [0, 0.1) is 0 Å². The Morgan fingerprint density at radius 3 is 2.61 bits per heavy atom. The lowest BCUT2D eigenvalue weighted by atomic mass is 10.1. The largest absolute Gasteiger partial charge is 0.507 e. The van der Waals surface area contributed by atoms with Crippen molar-refractivity contribution in [2.45, 2.75) is 26.4 Å². The molecule has 1 heterocycles. The van der Waals surface area contributed by atoms with Crippen molar-refractivity contribution in [1.82, 2.24) is 10.2 Å². The Kier molecular flexibility index (Phi) is 4.26. The Morgan fingerprint density at radius 2 is 2.00 bits per heavy atom. The number of nitrogens with zero attached hydrogens (tertiary/aromatic N) is 1. The van der Waals surface area contributed by atoms with Crippen molar-refractivity contribution >= 4 is 17.7 Å². The van der Waals surface area contributed by atoms with Crippen LogP contribution in [0.25, 0.3) is 11.3 Å². The molecule has 0 saturated heterocycles. The van der Waals surface area contributed by atoms with Gasteiger partial charge in [0.25, 0.3) is 0 Å². The standard InChI is InChI=1S/C15H17N3O5/c1-15(2,3)23-14(22)17-8-4-5-11(19)9(6-8)12-10(13(20)21)7-16-18-12/h4-7,19H,1-3H3,(H,16,18)(H,17,22)(H,20,21). The van der Waals surface area contributed by atoms with E-state index in [1.807, 2.05) is 0 Å². The van der Waals surface area contributed by atoms with E-state index in [1.54, 1.807) is 20.8 Å². The summed E-state index contributed by atoms with van der Waals surface area (Å²) in [5.41, 5.74) is -0.0482. The maximum absolute atomic E-state index is 11.8. The first-order valence-corrected chi connectivity index (χ1v) is 6.77. The Bertz CT molecular complexity index is 746. The minimum Gasteiger partial charge on any atom is -0.507 e. The molecule has 122 valence electrons. The van der Waals surface area contributed by atoms with Crippen LogP contribution in [0.1, 0.15) is 31.1 Å². The van der Waals surface area contributed by atoms with E-state index in [9.17, 15) is 14.7 Å². The SMILES string of the molecule is CC(C)(C)OC(=O)Nc1ccc(O)c(-c2[nH]ncc2C(=O)O)c1. The van der Waals surface area contributed by atoms with Gasteiger partial charge in [0.05, 0.1) is 11.9 Å². The highest BCUT2D eigenvalue weighted by atomic mass is 16.6. The van der Waals surface area contributed by atoms with Gasteiger partial charge in [0, 0.05) is 11.3 Å². The maximum atomic E-state index is 11.8. The van der Waals surface area contributed by atoms with E-state index >= 15 is 0 Å². The minimum absolute atomic E-state index is 0.0882. The molecule has 0 aliphatic carbocycles. The first-order chi connectivity index (χ1) is 10.7. The molecule has 0 aliphatic rings. The predicted molar refractivity (Wildman–Crippen MR) is 82.5 cm³/mol. The number of ether oxygens (including phenoxy) is 1. The highest BCUT2D eigenvalue weighted by Gasteiger charge is 2.19. The lowest BCUT2D eigenvalue weighted by molar-refractivity contribution is 0.0634. The van der Waals surface area contributed by atoms with Crippen LogP contribution in [0.4, 0.5) is 10.5 Å². The van der Waals surface area contributed by atoms with Gasteiger partial charge in [0.15, 0.2) is 0 Å². The van der Waals surface area contributed by atoms with Gasteiger partial charge in [-0.1, -0.05) is 0 Å². The first kappa shape index (κ1) is 16.3. The van der Waals surface area contributed by atoms with Gasteiger partial charge in [0.2, 0.25) is 0 Å².